The summed E-state index contributed by atoms with van der Waals surface area (Å²) in [5, 5.41) is 14.4. The molecular formula is C15H17ClN4O4. The lowest BCUT2D eigenvalue weighted by Gasteiger charge is -2.10. The minimum atomic E-state index is -0.560. The topological polar surface area (TPSA) is 100 Å². The molecule has 128 valence electrons. The van der Waals surface area contributed by atoms with E-state index in [0.29, 0.717) is 18.7 Å². The number of rotatable bonds is 7. The van der Waals surface area contributed by atoms with Gasteiger partial charge < -0.3 is 15.3 Å². The molecular weight excluding hydrogens is 336 g/mol. The molecule has 9 heteroatoms. The van der Waals surface area contributed by atoms with Crippen molar-refractivity contribution >= 4 is 23.4 Å². The van der Waals surface area contributed by atoms with Crippen LogP contribution in [0.4, 0.5) is 5.82 Å². The number of halogens is 1. The zero-order valence-corrected chi connectivity index (χ0v) is 13.8. The Bertz CT molecular complexity index is 778. The summed E-state index contributed by atoms with van der Waals surface area (Å²) in [5.41, 5.74) is 0.0319. The van der Waals surface area contributed by atoms with E-state index in [1.54, 1.807) is 25.1 Å². The molecule has 0 radical (unpaired) electrons. The number of esters is 1. The van der Waals surface area contributed by atoms with Gasteiger partial charge in [0, 0.05) is 18.7 Å². The highest BCUT2D eigenvalue weighted by atomic mass is 35.5. The Morgan fingerprint density at radius 1 is 1.50 bits per heavy atom. The maximum absolute atomic E-state index is 12.3. The van der Waals surface area contributed by atoms with Gasteiger partial charge in [0.2, 0.25) is 0 Å². The second kappa shape index (κ2) is 8.30. The number of hydrogen-bond acceptors (Lipinski definition) is 6. The van der Waals surface area contributed by atoms with Crippen LogP contribution in [0.15, 0.2) is 35.4 Å². The van der Waals surface area contributed by atoms with Crippen LogP contribution in [-0.4, -0.2) is 28.7 Å². The van der Waals surface area contributed by atoms with Crippen molar-refractivity contribution in [2.24, 2.45) is 0 Å². The van der Waals surface area contributed by atoms with Crippen LogP contribution in [-0.2, 0) is 22.5 Å². The summed E-state index contributed by atoms with van der Waals surface area (Å²) in [6.07, 6.45) is 3.09. The van der Waals surface area contributed by atoms with E-state index in [4.69, 9.17) is 16.3 Å². The Morgan fingerprint density at radius 2 is 2.29 bits per heavy atom. The summed E-state index contributed by atoms with van der Waals surface area (Å²) in [6, 6.07) is 5.10. The highest BCUT2D eigenvalue weighted by Gasteiger charge is 2.13. The summed E-state index contributed by atoms with van der Waals surface area (Å²) in [5.74, 6) is -0.507. The lowest BCUT2D eigenvalue weighted by Crippen LogP contribution is -2.33. The SMILES string of the molecule is CCOC(=O)Cn1c(Cl)cnc(NCCc2cccc[n+]2[O-])c1=O. The third-order valence-corrected chi connectivity index (χ3v) is 3.48. The summed E-state index contributed by atoms with van der Waals surface area (Å²) in [7, 11) is 0. The van der Waals surface area contributed by atoms with Gasteiger partial charge >= 0.3 is 5.97 Å². The molecule has 0 aliphatic heterocycles. The zero-order valence-electron chi connectivity index (χ0n) is 13.1. The van der Waals surface area contributed by atoms with Crippen molar-refractivity contribution in [1.82, 2.24) is 9.55 Å². The summed E-state index contributed by atoms with van der Waals surface area (Å²) < 4.78 is 6.65. The summed E-state index contributed by atoms with van der Waals surface area (Å²) in [6.45, 7) is 1.93. The van der Waals surface area contributed by atoms with Crippen LogP contribution in [0.25, 0.3) is 0 Å². The number of pyridine rings is 1. The molecule has 0 amide bonds. The number of nitrogens with one attached hydrogen (secondary N) is 1. The number of carbonyl (C=O) groups is 1. The second-order valence-electron chi connectivity index (χ2n) is 4.82. The Kier molecular flexibility index (Phi) is 6.14. The molecule has 2 rings (SSSR count). The molecule has 0 fully saturated rings. The van der Waals surface area contributed by atoms with E-state index in [0.717, 1.165) is 9.30 Å². The van der Waals surface area contributed by atoms with Crippen LogP contribution in [0, 0.1) is 5.21 Å². The zero-order chi connectivity index (χ0) is 17.5. The van der Waals surface area contributed by atoms with E-state index in [1.165, 1.54) is 12.4 Å². The third-order valence-electron chi connectivity index (χ3n) is 3.18. The summed E-state index contributed by atoms with van der Waals surface area (Å²) >= 11 is 5.92. The third kappa shape index (κ3) is 4.45. The Morgan fingerprint density at radius 3 is 3.00 bits per heavy atom. The largest absolute Gasteiger partial charge is 0.619 e. The van der Waals surface area contributed by atoms with E-state index < -0.39 is 11.5 Å². The molecule has 24 heavy (non-hydrogen) atoms. The number of ether oxygens (including phenoxy) is 1. The van der Waals surface area contributed by atoms with Gasteiger partial charge in [0.25, 0.3) is 5.56 Å². The molecule has 0 spiro atoms. The van der Waals surface area contributed by atoms with Gasteiger partial charge in [0.15, 0.2) is 17.7 Å². The monoisotopic (exact) mass is 352 g/mol. The Labute approximate surface area is 143 Å². The van der Waals surface area contributed by atoms with Gasteiger partial charge in [0.1, 0.15) is 11.7 Å². The van der Waals surface area contributed by atoms with Gasteiger partial charge in [-0.3, -0.25) is 14.2 Å². The highest BCUT2D eigenvalue weighted by molar-refractivity contribution is 6.29. The van der Waals surface area contributed by atoms with Crippen molar-refractivity contribution in [2.45, 2.75) is 19.9 Å². The first-order chi connectivity index (χ1) is 11.5. The number of nitrogens with zero attached hydrogens (tertiary/aromatic N) is 3. The van der Waals surface area contributed by atoms with Gasteiger partial charge in [-0.25, -0.2) is 4.98 Å². The van der Waals surface area contributed by atoms with Crippen LogP contribution < -0.4 is 15.6 Å². The molecule has 0 atom stereocenters. The fourth-order valence-corrected chi connectivity index (χ4v) is 2.22. The fourth-order valence-electron chi connectivity index (χ4n) is 2.04. The molecule has 8 nitrogen and oxygen atoms in total. The fraction of sp³-hybridized carbons (Fsp3) is 0.333. The minimum Gasteiger partial charge on any atom is -0.619 e. The summed E-state index contributed by atoms with van der Waals surface area (Å²) in [4.78, 5) is 27.8. The van der Waals surface area contributed by atoms with Crippen LogP contribution in [0.1, 0.15) is 12.6 Å². The molecule has 0 aliphatic rings. The molecule has 2 aromatic rings. The van der Waals surface area contributed by atoms with Crippen molar-refractivity contribution in [1.29, 1.82) is 0 Å². The smallest absolute Gasteiger partial charge is 0.326 e. The lowest BCUT2D eigenvalue weighted by atomic mass is 10.3. The van der Waals surface area contributed by atoms with Crippen LogP contribution in [0.2, 0.25) is 5.15 Å². The highest BCUT2D eigenvalue weighted by Crippen LogP contribution is 2.07. The number of hydrogen-bond donors (Lipinski definition) is 1. The van der Waals surface area contributed by atoms with Gasteiger partial charge in [-0.1, -0.05) is 17.7 Å². The van der Waals surface area contributed by atoms with E-state index in [-0.39, 0.29) is 24.1 Å². The van der Waals surface area contributed by atoms with Crippen molar-refractivity contribution in [3.8, 4) is 0 Å². The first-order valence-corrected chi connectivity index (χ1v) is 7.72. The predicted molar refractivity (Wildman–Crippen MR) is 87.7 cm³/mol. The van der Waals surface area contributed by atoms with Gasteiger partial charge in [-0.05, 0) is 6.92 Å². The number of anilines is 1. The molecule has 0 aromatic carbocycles. The quantitative estimate of drug-likeness (QED) is 0.448. The molecule has 0 bridgehead atoms. The van der Waals surface area contributed by atoms with E-state index >= 15 is 0 Å². The van der Waals surface area contributed by atoms with Crippen LogP contribution in [0.3, 0.4) is 0 Å². The molecule has 2 aromatic heterocycles. The maximum atomic E-state index is 12.3. The van der Waals surface area contributed by atoms with E-state index in [2.05, 4.69) is 10.3 Å². The van der Waals surface area contributed by atoms with Crippen LogP contribution >= 0.6 is 11.6 Å². The van der Waals surface area contributed by atoms with Crippen molar-refractivity contribution in [3.63, 3.8) is 0 Å². The molecule has 0 aliphatic carbocycles. The Hall–Kier alpha value is -2.61. The standard InChI is InChI=1S/C15H17ClN4O4/c1-2-24-13(21)10-19-12(16)9-18-14(15(19)22)17-7-6-11-5-3-4-8-20(11)23/h3-5,8-9H,2,6-7,10H2,1H3,(H,17,18). The van der Waals surface area contributed by atoms with Gasteiger partial charge in [-0.15, -0.1) is 0 Å². The molecule has 2 heterocycles. The lowest BCUT2D eigenvalue weighted by molar-refractivity contribution is -0.613. The first kappa shape index (κ1) is 17.7. The second-order valence-corrected chi connectivity index (χ2v) is 5.21. The first-order valence-electron chi connectivity index (χ1n) is 7.34. The number of carbonyl (C=O) groups excluding carboxylic acids is 1. The molecule has 0 saturated heterocycles. The molecule has 0 unspecified atom stereocenters. The number of aromatic nitrogens is 3. The normalized spacial score (nSPS) is 10.4. The maximum Gasteiger partial charge on any atom is 0.326 e. The Balaban J connectivity index is 2.07. The van der Waals surface area contributed by atoms with E-state index in [9.17, 15) is 14.8 Å². The van der Waals surface area contributed by atoms with Gasteiger partial charge in [-0.2, -0.15) is 4.73 Å². The predicted octanol–water partition coefficient (Wildman–Crippen LogP) is 0.748. The average molecular weight is 353 g/mol. The van der Waals surface area contributed by atoms with Gasteiger partial charge in [0.05, 0.1) is 19.2 Å². The molecule has 1 N–H and O–H groups in total. The van der Waals surface area contributed by atoms with Crippen molar-refractivity contribution < 1.29 is 14.3 Å². The molecule has 0 saturated carbocycles. The van der Waals surface area contributed by atoms with Crippen molar-refractivity contribution in [2.75, 3.05) is 18.5 Å². The van der Waals surface area contributed by atoms with Crippen LogP contribution in [0.5, 0.6) is 0 Å². The average Bonchev–Trinajstić information content (AvgIpc) is 2.55. The van der Waals surface area contributed by atoms with Crippen molar-refractivity contribution in [3.05, 3.63) is 57.0 Å². The minimum absolute atomic E-state index is 0.0408. The van der Waals surface area contributed by atoms with E-state index in [1.807, 2.05) is 0 Å².